The third-order valence-electron chi connectivity index (χ3n) is 5.11. The molecule has 1 aromatic heterocycles. The predicted molar refractivity (Wildman–Crippen MR) is 100 cm³/mol. The van der Waals surface area contributed by atoms with E-state index in [0.29, 0.717) is 24.6 Å². The Morgan fingerprint density at radius 3 is 2.66 bits per heavy atom. The molecule has 0 radical (unpaired) electrons. The van der Waals surface area contributed by atoms with Crippen LogP contribution in [-0.4, -0.2) is 46.9 Å². The fraction of sp³-hybridized carbons (Fsp3) is 0.500. The number of hydrogen-bond acceptors (Lipinski definition) is 4. The summed E-state index contributed by atoms with van der Waals surface area (Å²) in [7, 11) is 0. The summed E-state index contributed by atoms with van der Waals surface area (Å²) in [5.74, 6) is -0.338. The summed E-state index contributed by atoms with van der Waals surface area (Å²) >= 11 is 0. The number of nitrogens with zero attached hydrogens (tertiary/aromatic N) is 3. The van der Waals surface area contributed by atoms with E-state index in [2.05, 4.69) is 15.3 Å². The number of carbonyl (C=O) groups is 1. The molecule has 2 fully saturated rings. The lowest BCUT2D eigenvalue weighted by molar-refractivity contribution is -0.141. The van der Waals surface area contributed by atoms with Crippen molar-refractivity contribution >= 4 is 11.6 Å². The Hall–Kier alpha value is -2.39. The van der Waals surface area contributed by atoms with Gasteiger partial charge in [0.05, 0.1) is 13.2 Å². The SMILES string of the molecule is O=C(Cn1nc(C(F)(F)F)cc1C1CC1)Nc1cccc(CN2CCOCC2)c1. The van der Waals surface area contributed by atoms with Gasteiger partial charge in [-0.2, -0.15) is 18.3 Å². The number of rotatable bonds is 6. The second kappa shape index (κ2) is 8.16. The van der Waals surface area contributed by atoms with E-state index in [1.807, 2.05) is 18.2 Å². The average molecular weight is 408 g/mol. The van der Waals surface area contributed by atoms with Crippen LogP contribution in [0.1, 0.15) is 35.7 Å². The lowest BCUT2D eigenvalue weighted by Gasteiger charge is -2.26. The first-order chi connectivity index (χ1) is 13.9. The molecule has 4 rings (SSSR count). The number of morpholine rings is 1. The Balaban J connectivity index is 1.41. The maximum absolute atomic E-state index is 13.0. The number of hydrogen-bond donors (Lipinski definition) is 1. The van der Waals surface area contributed by atoms with Gasteiger partial charge >= 0.3 is 6.18 Å². The van der Waals surface area contributed by atoms with Gasteiger partial charge in [0.15, 0.2) is 5.69 Å². The molecule has 1 saturated carbocycles. The van der Waals surface area contributed by atoms with Crippen molar-refractivity contribution < 1.29 is 22.7 Å². The fourth-order valence-electron chi connectivity index (χ4n) is 3.51. The van der Waals surface area contributed by atoms with Crippen LogP contribution in [-0.2, 0) is 28.8 Å². The van der Waals surface area contributed by atoms with E-state index in [4.69, 9.17) is 4.74 Å². The number of anilines is 1. The van der Waals surface area contributed by atoms with Crippen molar-refractivity contribution in [3.05, 3.63) is 47.3 Å². The molecule has 1 aliphatic heterocycles. The molecule has 0 spiro atoms. The monoisotopic (exact) mass is 408 g/mol. The molecule has 1 N–H and O–H groups in total. The van der Waals surface area contributed by atoms with Gasteiger partial charge in [0.1, 0.15) is 6.54 Å². The van der Waals surface area contributed by atoms with Gasteiger partial charge in [-0.15, -0.1) is 0 Å². The number of nitrogens with one attached hydrogen (secondary N) is 1. The summed E-state index contributed by atoms with van der Waals surface area (Å²) in [6.45, 7) is 3.67. The van der Waals surface area contributed by atoms with Crippen molar-refractivity contribution in [2.24, 2.45) is 0 Å². The molecule has 0 bridgehead atoms. The van der Waals surface area contributed by atoms with Gasteiger partial charge in [-0.05, 0) is 36.6 Å². The molecule has 1 aromatic carbocycles. The summed E-state index contributed by atoms with van der Waals surface area (Å²) in [5, 5.41) is 6.41. The molecule has 6 nitrogen and oxygen atoms in total. The molecular weight excluding hydrogens is 385 g/mol. The minimum absolute atomic E-state index is 0.0586. The van der Waals surface area contributed by atoms with Crippen molar-refractivity contribution in [3.8, 4) is 0 Å². The zero-order valence-electron chi connectivity index (χ0n) is 15.9. The number of aromatic nitrogens is 2. The van der Waals surface area contributed by atoms with E-state index in [1.165, 1.54) is 4.68 Å². The second-order valence-electron chi connectivity index (χ2n) is 7.52. The Bertz CT molecular complexity index is 871. The van der Waals surface area contributed by atoms with Crippen molar-refractivity contribution in [1.29, 1.82) is 0 Å². The van der Waals surface area contributed by atoms with Gasteiger partial charge in [-0.3, -0.25) is 14.4 Å². The zero-order chi connectivity index (χ0) is 20.4. The number of ether oxygens (including phenoxy) is 1. The minimum atomic E-state index is -4.51. The molecule has 2 aromatic rings. The van der Waals surface area contributed by atoms with Crippen molar-refractivity contribution in [1.82, 2.24) is 14.7 Å². The summed E-state index contributed by atoms with van der Waals surface area (Å²) in [5.41, 5.74) is 1.21. The van der Waals surface area contributed by atoms with Crippen LogP contribution in [0.5, 0.6) is 0 Å². The number of alkyl halides is 3. The van der Waals surface area contributed by atoms with E-state index >= 15 is 0 Å². The molecule has 1 aliphatic carbocycles. The highest BCUT2D eigenvalue weighted by molar-refractivity contribution is 5.90. The van der Waals surface area contributed by atoms with Crippen LogP contribution in [0.2, 0.25) is 0 Å². The maximum Gasteiger partial charge on any atom is 0.435 e. The van der Waals surface area contributed by atoms with Crippen molar-refractivity contribution in [3.63, 3.8) is 0 Å². The third-order valence-corrected chi connectivity index (χ3v) is 5.11. The number of halogens is 3. The van der Waals surface area contributed by atoms with Crippen LogP contribution < -0.4 is 5.32 Å². The van der Waals surface area contributed by atoms with Gasteiger partial charge in [0.25, 0.3) is 0 Å². The van der Waals surface area contributed by atoms with Crippen LogP contribution in [0.3, 0.4) is 0 Å². The molecule has 0 atom stereocenters. The van der Waals surface area contributed by atoms with Crippen LogP contribution in [0.4, 0.5) is 18.9 Å². The van der Waals surface area contributed by atoms with E-state index in [9.17, 15) is 18.0 Å². The quantitative estimate of drug-likeness (QED) is 0.797. The molecule has 156 valence electrons. The first kappa shape index (κ1) is 19.9. The van der Waals surface area contributed by atoms with Gasteiger partial charge in [0, 0.05) is 36.9 Å². The lowest BCUT2D eigenvalue weighted by Crippen LogP contribution is -2.35. The predicted octanol–water partition coefficient (Wildman–Crippen LogP) is 3.25. The van der Waals surface area contributed by atoms with Crippen LogP contribution >= 0.6 is 0 Å². The smallest absolute Gasteiger partial charge is 0.379 e. The normalized spacial score (nSPS) is 18.0. The minimum Gasteiger partial charge on any atom is -0.379 e. The highest BCUT2D eigenvalue weighted by Gasteiger charge is 2.38. The van der Waals surface area contributed by atoms with Crippen molar-refractivity contribution in [2.45, 2.75) is 38.0 Å². The largest absolute Gasteiger partial charge is 0.435 e. The van der Waals surface area contributed by atoms with E-state index in [-0.39, 0.29) is 12.5 Å². The molecule has 0 unspecified atom stereocenters. The maximum atomic E-state index is 13.0. The summed E-state index contributed by atoms with van der Waals surface area (Å²) in [6, 6.07) is 8.57. The molecule has 2 aliphatic rings. The molecule has 1 amide bonds. The molecule has 2 heterocycles. The summed E-state index contributed by atoms with van der Waals surface area (Å²) in [4.78, 5) is 14.7. The highest BCUT2D eigenvalue weighted by atomic mass is 19.4. The van der Waals surface area contributed by atoms with Gasteiger partial charge in [-0.1, -0.05) is 12.1 Å². The van der Waals surface area contributed by atoms with E-state index in [0.717, 1.165) is 44.1 Å². The summed E-state index contributed by atoms with van der Waals surface area (Å²) in [6.07, 6.45) is -2.86. The van der Waals surface area contributed by atoms with Gasteiger partial charge < -0.3 is 10.1 Å². The Labute approximate surface area is 166 Å². The first-order valence-electron chi connectivity index (χ1n) is 9.72. The number of carbonyl (C=O) groups excluding carboxylic acids is 1. The average Bonchev–Trinajstić information content (AvgIpc) is 3.42. The van der Waals surface area contributed by atoms with Crippen LogP contribution in [0.15, 0.2) is 30.3 Å². The first-order valence-corrected chi connectivity index (χ1v) is 9.72. The topological polar surface area (TPSA) is 59.4 Å². The fourth-order valence-corrected chi connectivity index (χ4v) is 3.51. The summed E-state index contributed by atoms with van der Waals surface area (Å²) < 4.78 is 45.5. The number of benzene rings is 1. The Morgan fingerprint density at radius 2 is 1.97 bits per heavy atom. The van der Waals surface area contributed by atoms with Crippen molar-refractivity contribution in [2.75, 3.05) is 31.6 Å². The van der Waals surface area contributed by atoms with E-state index in [1.54, 1.807) is 6.07 Å². The molecule has 29 heavy (non-hydrogen) atoms. The molecule has 1 saturated heterocycles. The third kappa shape index (κ3) is 5.16. The van der Waals surface area contributed by atoms with Gasteiger partial charge in [0.2, 0.25) is 5.91 Å². The zero-order valence-corrected chi connectivity index (χ0v) is 15.9. The second-order valence-corrected chi connectivity index (χ2v) is 7.52. The number of amides is 1. The van der Waals surface area contributed by atoms with Gasteiger partial charge in [-0.25, -0.2) is 0 Å². The Morgan fingerprint density at radius 1 is 1.21 bits per heavy atom. The lowest BCUT2D eigenvalue weighted by atomic mass is 10.2. The van der Waals surface area contributed by atoms with E-state index < -0.39 is 17.8 Å². The van der Waals surface area contributed by atoms with Crippen LogP contribution in [0.25, 0.3) is 0 Å². The highest BCUT2D eigenvalue weighted by Crippen LogP contribution is 2.42. The standard InChI is InChI=1S/C20H23F3N4O2/c21-20(22,23)18-11-17(15-4-5-15)27(25-18)13-19(28)24-16-3-1-2-14(10-16)12-26-6-8-29-9-7-26/h1-3,10-11,15H,4-9,12-13H2,(H,24,28). The molecular formula is C20H23F3N4O2. The Kier molecular flexibility index (Phi) is 5.60. The van der Waals surface area contributed by atoms with Crippen LogP contribution in [0, 0.1) is 0 Å². The molecule has 9 heteroatoms.